The van der Waals surface area contributed by atoms with E-state index >= 15 is 0 Å². The molecule has 190 valence electrons. The minimum absolute atomic E-state index is 0.199. The Kier molecular flexibility index (Phi) is 6.65. The van der Waals surface area contributed by atoms with E-state index in [1.807, 2.05) is 12.1 Å². The number of para-hydroxylation sites is 1. The fourth-order valence-electron chi connectivity index (χ4n) is 5.27. The van der Waals surface area contributed by atoms with Crippen LogP contribution in [-0.4, -0.2) is 40.7 Å². The molecule has 0 spiro atoms. The van der Waals surface area contributed by atoms with Crippen LogP contribution in [-0.2, 0) is 17.6 Å². The highest BCUT2D eigenvalue weighted by Crippen LogP contribution is 2.33. The number of nitrogens with zero attached hydrogens (tertiary/aromatic N) is 2. The molecule has 0 radical (unpaired) electrons. The van der Waals surface area contributed by atoms with Gasteiger partial charge in [0.25, 0.3) is 5.91 Å². The van der Waals surface area contributed by atoms with Crippen molar-refractivity contribution < 1.29 is 23.8 Å². The Morgan fingerprint density at radius 2 is 1.92 bits per heavy atom. The summed E-state index contributed by atoms with van der Waals surface area (Å²) in [6.45, 7) is 5.11. The van der Waals surface area contributed by atoms with Crippen molar-refractivity contribution in [2.45, 2.75) is 32.7 Å². The van der Waals surface area contributed by atoms with Crippen molar-refractivity contribution in [3.63, 3.8) is 0 Å². The molecule has 1 aliphatic heterocycles. The van der Waals surface area contributed by atoms with Gasteiger partial charge in [0.15, 0.2) is 0 Å². The highest BCUT2D eigenvalue weighted by molar-refractivity contribution is 6.34. The molecular weight excluding hydrogens is 495 g/mol. The number of aromatic nitrogens is 1. The van der Waals surface area contributed by atoms with Gasteiger partial charge in [-0.25, -0.2) is 4.39 Å². The second-order valence-corrected chi connectivity index (χ2v) is 9.57. The lowest BCUT2D eigenvalue weighted by molar-refractivity contribution is -0.136. The van der Waals surface area contributed by atoms with Gasteiger partial charge in [0.2, 0.25) is 0 Å². The molecule has 0 fully saturated rings. The van der Waals surface area contributed by atoms with E-state index < -0.39 is 17.7 Å². The van der Waals surface area contributed by atoms with Gasteiger partial charge >= 0.3 is 5.97 Å². The van der Waals surface area contributed by atoms with E-state index in [0.29, 0.717) is 34.5 Å². The van der Waals surface area contributed by atoms with Crippen LogP contribution in [0, 0.1) is 12.7 Å². The Balaban J connectivity index is 1.39. The van der Waals surface area contributed by atoms with Gasteiger partial charge in [0.1, 0.15) is 18.2 Å². The van der Waals surface area contributed by atoms with E-state index in [1.165, 1.54) is 34.0 Å². The molecule has 0 saturated heterocycles. The second-order valence-electron chi connectivity index (χ2n) is 9.16. The summed E-state index contributed by atoms with van der Waals surface area (Å²) in [7, 11) is 0. The third-order valence-corrected chi connectivity index (χ3v) is 7.29. The molecule has 37 heavy (non-hydrogen) atoms. The molecule has 4 aromatic rings. The standard InChI is InChI=1S/C29H26ClFN2O4/c1-3-32-20(12-18-6-4-5-7-26(18)32)16-37-21-9-10-22(25(30)14-21)29(36)33-17(2)23(15-28(34)35)24-13-19(31)8-11-27(24)33/h4-11,13-14,20H,3,12,15-16H2,1-2H3,(H,34,35)/t20-/m1/s1. The van der Waals surface area contributed by atoms with Gasteiger partial charge < -0.3 is 14.7 Å². The summed E-state index contributed by atoms with van der Waals surface area (Å²) in [6, 6.07) is 17.4. The molecule has 0 aliphatic carbocycles. The van der Waals surface area contributed by atoms with Crippen LogP contribution in [0.15, 0.2) is 60.7 Å². The molecule has 1 atom stereocenters. The molecule has 1 aliphatic rings. The number of carboxylic acids is 1. The SMILES string of the molecule is CCN1c2ccccc2C[C@@H]1COc1ccc(C(=O)n2c(C)c(CC(=O)O)c3cc(F)ccc32)c(Cl)c1. The third-order valence-electron chi connectivity index (χ3n) is 6.98. The summed E-state index contributed by atoms with van der Waals surface area (Å²) >= 11 is 6.54. The van der Waals surface area contributed by atoms with E-state index in [0.717, 1.165) is 13.0 Å². The molecular formula is C29H26ClFN2O4. The van der Waals surface area contributed by atoms with Crippen LogP contribution in [0.2, 0.25) is 5.02 Å². The van der Waals surface area contributed by atoms with Crippen molar-refractivity contribution in [3.05, 3.63) is 93.9 Å². The van der Waals surface area contributed by atoms with Gasteiger partial charge in [-0.1, -0.05) is 29.8 Å². The lowest BCUT2D eigenvalue weighted by Gasteiger charge is -2.26. The van der Waals surface area contributed by atoms with Gasteiger partial charge in [0, 0.05) is 23.3 Å². The number of ether oxygens (including phenoxy) is 1. The topological polar surface area (TPSA) is 71.8 Å². The molecule has 0 amide bonds. The molecule has 1 aromatic heterocycles. The predicted octanol–water partition coefficient (Wildman–Crippen LogP) is 5.89. The summed E-state index contributed by atoms with van der Waals surface area (Å²) < 4.78 is 21.4. The van der Waals surface area contributed by atoms with Crippen molar-refractivity contribution >= 4 is 40.1 Å². The summed E-state index contributed by atoms with van der Waals surface area (Å²) in [6.07, 6.45) is 0.569. The first-order valence-corrected chi connectivity index (χ1v) is 12.5. The van der Waals surface area contributed by atoms with E-state index in [9.17, 15) is 19.1 Å². The minimum atomic E-state index is -1.06. The van der Waals surface area contributed by atoms with Crippen molar-refractivity contribution in [1.82, 2.24) is 4.57 Å². The summed E-state index contributed by atoms with van der Waals surface area (Å²) in [5.74, 6) is -1.44. The Hall–Kier alpha value is -3.84. The Morgan fingerprint density at radius 3 is 2.65 bits per heavy atom. The normalized spacial score (nSPS) is 14.7. The second kappa shape index (κ2) is 9.90. The monoisotopic (exact) mass is 520 g/mol. The number of likely N-dealkylation sites (N-methyl/N-ethyl adjacent to an activating group) is 1. The fourth-order valence-corrected chi connectivity index (χ4v) is 5.52. The number of aliphatic carboxylic acids is 1. The van der Waals surface area contributed by atoms with Crippen LogP contribution in [0.1, 0.15) is 34.1 Å². The smallest absolute Gasteiger partial charge is 0.307 e. The predicted molar refractivity (Wildman–Crippen MR) is 142 cm³/mol. The number of carbonyl (C=O) groups excluding carboxylic acids is 1. The number of fused-ring (bicyclic) bond motifs is 2. The lowest BCUT2D eigenvalue weighted by atomic mass is 10.1. The Bertz CT molecular complexity index is 1530. The van der Waals surface area contributed by atoms with Gasteiger partial charge in [-0.2, -0.15) is 0 Å². The van der Waals surface area contributed by atoms with Crippen LogP contribution in [0.25, 0.3) is 10.9 Å². The number of carboxylic acid groups (broad SMARTS) is 1. The summed E-state index contributed by atoms with van der Waals surface area (Å²) in [5.41, 5.74) is 4.03. The quantitative estimate of drug-likeness (QED) is 0.329. The first kappa shape index (κ1) is 24.8. The number of hydrogen-bond donors (Lipinski definition) is 1. The highest BCUT2D eigenvalue weighted by Gasteiger charge is 2.28. The molecule has 3 aromatic carbocycles. The lowest BCUT2D eigenvalue weighted by Crippen LogP contribution is -2.36. The zero-order valence-electron chi connectivity index (χ0n) is 20.5. The van der Waals surface area contributed by atoms with Gasteiger partial charge in [-0.05, 0) is 73.9 Å². The molecule has 5 rings (SSSR count). The Labute approximate surface area is 218 Å². The van der Waals surface area contributed by atoms with Crippen LogP contribution in [0.5, 0.6) is 5.75 Å². The first-order valence-electron chi connectivity index (χ1n) is 12.1. The first-order chi connectivity index (χ1) is 17.8. The average Bonchev–Trinajstić information content (AvgIpc) is 3.36. The number of carbonyl (C=O) groups is 2. The van der Waals surface area contributed by atoms with E-state index in [-0.39, 0.29) is 23.0 Å². The molecule has 0 unspecified atom stereocenters. The molecule has 1 N–H and O–H groups in total. The zero-order valence-corrected chi connectivity index (χ0v) is 21.3. The van der Waals surface area contributed by atoms with Crippen LogP contribution >= 0.6 is 11.6 Å². The van der Waals surface area contributed by atoms with Gasteiger partial charge in [-0.15, -0.1) is 0 Å². The van der Waals surface area contributed by atoms with Crippen molar-refractivity contribution in [3.8, 4) is 5.75 Å². The van der Waals surface area contributed by atoms with E-state index in [1.54, 1.807) is 25.1 Å². The van der Waals surface area contributed by atoms with Crippen LogP contribution in [0.3, 0.4) is 0 Å². The number of rotatable bonds is 7. The number of benzene rings is 3. The van der Waals surface area contributed by atoms with Gasteiger partial charge in [-0.3, -0.25) is 14.2 Å². The maximum absolute atomic E-state index is 14.0. The van der Waals surface area contributed by atoms with E-state index in [4.69, 9.17) is 16.3 Å². The van der Waals surface area contributed by atoms with Crippen molar-refractivity contribution in [2.75, 3.05) is 18.1 Å². The van der Waals surface area contributed by atoms with Crippen molar-refractivity contribution in [2.24, 2.45) is 0 Å². The number of anilines is 1. The third kappa shape index (κ3) is 4.55. The molecule has 6 nitrogen and oxygen atoms in total. The minimum Gasteiger partial charge on any atom is -0.491 e. The maximum atomic E-state index is 14.0. The fraction of sp³-hybridized carbons (Fsp3) is 0.241. The zero-order chi connectivity index (χ0) is 26.3. The average molecular weight is 521 g/mol. The largest absolute Gasteiger partial charge is 0.491 e. The van der Waals surface area contributed by atoms with Crippen LogP contribution < -0.4 is 9.64 Å². The maximum Gasteiger partial charge on any atom is 0.307 e. The molecule has 2 heterocycles. The van der Waals surface area contributed by atoms with Crippen molar-refractivity contribution in [1.29, 1.82) is 0 Å². The molecule has 0 bridgehead atoms. The molecule has 8 heteroatoms. The van der Waals surface area contributed by atoms with E-state index in [2.05, 4.69) is 24.0 Å². The van der Waals surface area contributed by atoms with Crippen LogP contribution in [0.4, 0.5) is 10.1 Å². The summed E-state index contributed by atoms with van der Waals surface area (Å²) in [4.78, 5) is 27.3. The number of hydrogen-bond acceptors (Lipinski definition) is 4. The Morgan fingerprint density at radius 1 is 1.14 bits per heavy atom. The highest BCUT2D eigenvalue weighted by atomic mass is 35.5. The number of halogens is 2. The van der Waals surface area contributed by atoms with Gasteiger partial charge in [0.05, 0.1) is 28.6 Å². The summed E-state index contributed by atoms with van der Waals surface area (Å²) in [5, 5.41) is 9.95. The molecule has 0 saturated carbocycles.